The van der Waals surface area contributed by atoms with Gasteiger partial charge in [-0.15, -0.1) is 0 Å². The molecule has 3 rings (SSSR count). The van der Waals surface area contributed by atoms with Gasteiger partial charge < -0.3 is 20.9 Å². The first-order chi connectivity index (χ1) is 14.1. The highest BCUT2D eigenvalue weighted by atomic mass is 15.1. The third-order valence-corrected chi connectivity index (χ3v) is 5.01. The normalized spacial score (nSPS) is 11.2. The fraction of sp³-hybridized carbons (Fsp3) is 0.391. The Kier molecular flexibility index (Phi) is 7.38. The van der Waals surface area contributed by atoms with E-state index in [4.69, 9.17) is 10.7 Å². The summed E-state index contributed by atoms with van der Waals surface area (Å²) in [6.07, 6.45) is 3.86. The monoisotopic (exact) mass is 392 g/mol. The van der Waals surface area contributed by atoms with Crippen LogP contribution in [0.25, 0.3) is 22.2 Å². The number of hydrogen-bond acceptors (Lipinski definition) is 6. The second kappa shape index (κ2) is 10.2. The van der Waals surface area contributed by atoms with Crippen molar-refractivity contribution in [3.63, 3.8) is 0 Å². The Morgan fingerprint density at radius 1 is 1.00 bits per heavy atom. The van der Waals surface area contributed by atoms with Gasteiger partial charge in [0.15, 0.2) is 0 Å². The SMILES string of the molecule is CN(C)CCN(C)c1ccc(-c2cc3ncccc3c(NCCCCN)n2)cc1. The summed E-state index contributed by atoms with van der Waals surface area (Å²) in [4.78, 5) is 13.9. The first kappa shape index (κ1) is 21.0. The summed E-state index contributed by atoms with van der Waals surface area (Å²) >= 11 is 0. The Bertz CT molecular complexity index is 907. The zero-order chi connectivity index (χ0) is 20.6. The molecule has 29 heavy (non-hydrogen) atoms. The fourth-order valence-electron chi connectivity index (χ4n) is 3.20. The van der Waals surface area contributed by atoms with Crippen LogP contribution in [0.3, 0.4) is 0 Å². The molecule has 0 saturated carbocycles. The summed E-state index contributed by atoms with van der Waals surface area (Å²) < 4.78 is 0. The Labute approximate surface area is 173 Å². The second-order valence-corrected chi connectivity index (χ2v) is 7.62. The average molecular weight is 393 g/mol. The Hall–Kier alpha value is -2.70. The number of nitrogens with two attached hydrogens (primary N) is 1. The molecule has 0 bridgehead atoms. The molecule has 2 heterocycles. The van der Waals surface area contributed by atoms with E-state index >= 15 is 0 Å². The van der Waals surface area contributed by atoms with Gasteiger partial charge in [-0.2, -0.15) is 0 Å². The summed E-state index contributed by atoms with van der Waals surface area (Å²) in [6, 6.07) is 14.7. The summed E-state index contributed by atoms with van der Waals surface area (Å²) in [5.41, 5.74) is 9.78. The number of benzene rings is 1. The van der Waals surface area contributed by atoms with Crippen molar-refractivity contribution < 1.29 is 0 Å². The standard InChI is InChI=1S/C23H32N6/c1-28(2)15-16-29(3)19-10-8-18(9-11-19)21-17-22-20(7-6-14-25-22)23(27-21)26-13-5-4-12-24/h6-11,14,17H,4-5,12-13,15-16,24H2,1-3H3,(H,26,27). The van der Waals surface area contributed by atoms with Crippen LogP contribution < -0.4 is 16.0 Å². The third-order valence-electron chi connectivity index (χ3n) is 5.01. The molecular weight excluding hydrogens is 360 g/mol. The van der Waals surface area contributed by atoms with E-state index in [0.717, 1.165) is 60.5 Å². The summed E-state index contributed by atoms with van der Waals surface area (Å²) in [5.74, 6) is 0.884. The van der Waals surface area contributed by atoms with E-state index in [1.165, 1.54) is 5.69 Å². The zero-order valence-electron chi connectivity index (χ0n) is 17.7. The number of fused-ring (bicyclic) bond motifs is 1. The van der Waals surface area contributed by atoms with Gasteiger partial charge in [-0.1, -0.05) is 12.1 Å². The second-order valence-electron chi connectivity index (χ2n) is 7.62. The quantitative estimate of drug-likeness (QED) is 0.515. The van der Waals surface area contributed by atoms with Crippen LogP contribution in [0, 0.1) is 0 Å². The van der Waals surface area contributed by atoms with Crippen LogP contribution >= 0.6 is 0 Å². The number of nitrogens with zero attached hydrogens (tertiary/aromatic N) is 4. The molecule has 0 atom stereocenters. The van der Waals surface area contributed by atoms with E-state index in [0.29, 0.717) is 6.54 Å². The summed E-state index contributed by atoms with van der Waals surface area (Å²) in [5, 5.41) is 4.52. The van der Waals surface area contributed by atoms with Crippen molar-refractivity contribution >= 4 is 22.4 Å². The lowest BCUT2D eigenvalue weighted by Gasteiger charge is -2.21. The highest BCUT2D eigenvalue weighted by Gasteiger charge is 2.09. The van der Waals surface area contributed by atoms with Crippen molar-refractivity contribution in [3.05, 3.63) is 48.7 Å². The van der Waals surface area contributed by atoms with E-state index in [1.54, 1.807) is 0 Å². The van der Waals surface area contributed by atoms with Gasteiger partial charge in [0.1, 0.15) is 5.82 Å². The van der Waals surface area contributed by atoms with Crippen molar-refractivity contribution in [1.29, 1.82) is 0 Å². The van der Waals surface area contributed by atoms with Crippen LogP contribution in [0.15, 0.2) is 48.7 Å². The predicted octanol–water partition coefficient (Wildman–Crippen LogP) is 3.45. The van der Waals surface area contributed by atoms with Crippen LogP contribution in [0.4, 0.5) is 11.5 Å². The Balaban J connectivity index is 1.83. The molecule has 0 amide bonds. The maximum Gasteiger partial charge on any atom is 0.136 e. The fourth-order valence-corrected chi connectivity index (χ4v) is 3.20. The van der Waals surface area contributed by atoms with Gasteiger partial charge in [0, 0.05) is 49.5 Å². The third kappa shape index (κ3) is 5.65. The van der Waals surface area contributed by atoms with Gasteiger partial charge in [-0.05, 0) is 63.8 Å². The van der Waals surface area contributed by atoms with Gasteiger partial charge in [0.2, 0.25) is 0 Å². The molecule has 0 unspecified atom stereocenters. The van der Waals surface area contributed by atoms with Crippen LogP contribution in [0.2, 0.25) is 0 Å². The molecule has 0 saturated heterocycles. The first-order valence-corrected chi connectivity index (χ1v) is 10.2. The highest BCUT2D eigenvalue weighted by molar-refractivity contribution is 5.92. The topological polar surface area (TPSA) is 70.3 Å². The van der Waals surface area contributed by atoms with Gasteiger partial charge in [-0.3, -0.25) is 4.98 Å². The van der Waals surface area contributed by atoms with Crippen LogP contribution in [-0.2, 0) is 0 Å². The molecule has 6 nitrogen and oxygen atoms in total. The van der Waals surface area contributed by atoms with Crippen molar-refractivity contribution in [1.82, 2.24) is 14.9 Å². The van der Waals surface area contributed by atoms with Crippen LogP contribution in [-0.4, -0.2) is 62.2 Å². The molecule has 0 aliphatic rings. The molecule has 6 heteroatoms. The molecule has 0 spiro atoms. The number of nitrogens with one attached hydrogen (secondary N) is 1. The van der Waals surface area contributed by atoms with E-state index in [1.807, 2.05) is 12.3 Å². The highest BCUT2D eigenvalue weighted by Crippen LogP contribution is 2.28. The van der Waals surface area contributed by atoms with Crippen LogP contribution in [0.1, 0.15) is 12.8 Å². The lowest BCUT2D eigenvalue weighted by Crippen LogP contribution is -2.28. The van der Waals surface area contributed by atoms with Gasteiger partial charge in [0.25, 0.3) is 0 Å². The average Bonchev–Trinajstić information content (AvgIpc) is 2.75. The molecule has 0 radical (unpaired) electrons. The number of likely N-dealkylation sites (N-methyl/N-ethyl adjacent to an activating group) is 2. The number of unbranched alkanes of at least 4 members (excludes halogenated alkanes) is 1. The van der Waals surface area contributed by atoms with Gasteiger partial charge in [-0.25, -0.2) is 4.98 Å². The molecule has 0 fully saturated rings. The molecule has 0 aliphatic carbocycles. The van der Waals surface area contributed by atoms with E-state index in [2.05, 4.69) is 77.6 Å². The summed E-state index contributed by atoms with van der Waals surface area (Å²) in [6.45, 7) is 3.58. The first-order valence-electron chi connectivity index (χ1n) is 10.2. The largest absolute Gasteiger partial charge is 0.373 e. The minimum atomic E-state index is 0.715. The van der Waals surface area contributed by atoms with Gasteiger partial charge >= 0.3 is 0 Å². The minimum absolute atomic E-state index is 0.715. The number of hydrogen-bond donors (Lipinski definition) is 2. The van der Waals surface area contributed by atoms with Crippen molar-refractivity contribution in [2.75, 3.05) is 57.5 Å². The van der Waals surface area contributed by atoms with E-state index in [-0.39, 0.29) is 0 Å². The Morgan fingerprint density at radius 3 is 2.52 bits per heavy atom. The number of anilines is 2. The lowest BCUT2D eigenvalue weighted by atomic mass is 10.1. The molecular formula is C23H32N6. The maximum absolute atomic E-state index is 5.61. The number of aromatic nitrogens is 2. The minimum Gasteiger partial charge on any atom is -0.373 e. The molecule has 154 valence electrons. The molecule has 3 N–H and O–H groups in total. The van der Waals surface area contributed by atoms with E-state index < -0.39 is 0 Å². The predicted molar refractivity (Wildman–Crippen MR) is 124 cm³/mol. The Morgan fingerprint density at radius 2 is 1.79 bits per heavy atom. The number of rotatable bonds is 10. The molecule has 1 aromatic carbocycles. The molecule has 0 aliphatic heterocycles. The van der Waals surface area contributed by atoms with E-state index in [9.17, 15) is 0 Å². The van der Waals surface area contributed by atoms with Crippen molar-refractivity contribution in [2.24, 2.45) is 5.73 Å². The lowest BCUT2D eigenvalue weighted by molar-refractivity contribution is 0.416. The maximum atomic E-state index is 5.61. The smallest absolute Gasteiger partial charge is 0.136 e. The van der Waals surface area contributed by atoms with Crippen molar-refractivity contribution in [2.45, 2.75) is 12.8 Å². The molecule has 2 aromatic heterocycles. The van der Waals surface area contributed by atoms with Crippen LogP contribution in [0.5, 0.6) is 0 Å². The number of pyridine rings is 2. The zero-order valence-corrected chi connectivity index (χ0v) is 17.7. The molecule has 3 aromatic rings. The van der Waals surface area contributed by atoms with Gasteiger partial charge in [0.05, 0.1) is 11.2 Å². The summed E-state index contributed by atoms with van der Waals surface area (Å²) in [7, 11) is 6.32. The van der Waals surface area contributed by atoms with Crippen molar-refractivity contribution in [3.8, 4) is 11.3 Å².